The lowest BCUT2D eigenvalue weighted by Gasteiger charge is -2.53. The second kappa shape index (κ2) is 4.04. The van der Waals surface area contributed by atoms with Crippen molar-refractivity contribution >= 4 is 11.3 Å². The number of hydrogen-bond acceptors (Lipinski definition) is 3. The summed E-state index contributed by atoms with van der Waals surface area (Å²) in [5.74, 6) is 4.77. The molecule has 98 valence electrons. The summed E-state index contributed by atoms with van der Waals surface area (Å²) in [6.07, 6.45) is 7.45. The second-order valence-corrected chi connectivity index (χ2v) is 7.84. The van der Waals surface area contributed by atoms with Crippen LogP contribution in [0.25, 0.3) is 0 Å². The fourth-order valence-electron chi connectivity index (χ4n) is 5.11. The maximum atomic E-state index is 5.81. The van der Waals surface area contributed by atoms with Crippen molar-refractivity contribution in [3.05, 3.63) is 15.6 Å². The zero-order valence-corrected chi connectivity index (χ0v) is 11.9. The molecule has 2 nitrogen and oxygen atoms in total. The van der Waals surface area contributed by atoms with Gasteiger partial charge in [0.1, 0.15) is 0 Å². The van der Waals surface area contributed by atoms with Gasteiger partial charge in [-0.2, -0.15) is 0 Å². The van der Waals surface area contributed by atoms with Crippen LogP contribution in [0.3, 0.4) is 0 Å². The molecule has 4 saturated carbocycles. The van der Waals surface area contributed by atoms with Gasteiger partial charge in [0.05, 0.1) is 10.7 Å². The zero-order chi connectivity index (χ0) is 12.3. The Morgan fingerprint density at radius 2 is 1.72 bits per heavy atom. The van der Waals surface area contributed by atoms with Crippen LogP contribution in [0.5, 0.6) is 0 Å². The number of nitrogens with two attached hydrogens (primary N) is 1. The smallest absolute Gasteiger partial charge is 0.0967 e. The van der Waals surface area contributed by atoms with Crippen molar-refractivity contribution < 1.29 is 0 Å². The Morgan fingerprint density at radius 1 is 1.11 bits per heavy atom. The summed E-state index contributed by atoms with van der Waals surface area (Å²) in [5, 5.41) is 1.42. The highest BCUT2D eigenvalue weighted by atomic mass is 32.1. The summed E-state index contributed by atoms with van der Waals surface area (Å²) < 4.78 is 0. The van der Waals surface area contributed by atoms with Gasteiger partial charge in [0.15, 0.2) is 0 Å². The van der Waals surface area contributed by atoms with Crippen LogP contribution in [0.15, 0.2) is 0 Å². The number of nitrogens with zero attached hydrogens (tertiary/aromatic N) is 1. The average Bonchev–Trinajstić information content (AvgIpc) is 2.69. The van der Waals surface area contributed by atoms with E-state index in [0.29, 0.717) is 6.54 Å². The van der Waals surface area contributed by atoms with Crippen LogP contribution in [0, 0.1) is 30.6 Å². The van der Waals surface area contributed by atoms with E-state index in [4.69, 9.17) is 10.7 Å². The Bertz CT molecular complexity index is 437. The maximum Gasteiger partial charge on any atom is 0.0967 e. The van der Waals surface area contributed by atoms with Crippen molar-refractivity contribution in [2.45, 2.75) is 51.5 Å². The predicted octanol–water partition coefficient (Wildman–Crippen LogP) is 3.45. The summed E-state index contributed by atoms with van der Waals surface area (Å²) >= 11 is 1.90. The van der Waals surface area contributed by atoms with E-state index in [-0.39, 0.29) is 0 Å². The van der Waals surface area contributed by atoms with Gasteiger partial charge in [-0.15, -0.1) is 11.3 Å². The highest BCUT2D eigenvalue weighted by Gasteiger charge is 2.49. The number of thiazole rings is 1. The van der Waals surface area contributed by atoms with Gasteiger partial charge in [0.2, 0.25) is 0 Å². The Kier molecular flexibility index (Phi) is 2.56. The van der Waals surface area contributed by atoms with E-state index < -0.39 is 0 Å². The molecule has 5 rings (SSSR count). The third kappa shape index (κ3) is 1.60. The Balaban J connectivity index is 1.67. The molecule has 2 N–H and O–H groups in total. The fraction of sp³-hybridized carbons (Fsp3) is 0.800. The first-order valence-electron chi connectivity index (χ1n) is 7.41. The minimum absolute atomic E-state index is 0.663. The van der Waals surface area contributed by atoms with Crippen molar-refractivity contribution in [1.82, 2.24) is 4.98 Å². The topological polar surface area (TPSA) is 38.9 Å². The molecule has 1 aromatic heterocycles. The van der Waals surface area contributed by atoms with E-state index in [1.54, 1.807) is 0 Å². The third-order valence-corrected chi connectivity index (χ3v) is 6.89. The number of aryl methyl sites for hydroxylation is 1. The Labute approximate surface area is 113 Å². The van der Waals surface area contributed by atoms with Gasteiger partial charge in [-0.3, -0.25) is 0 Å². The fourth-order valence-corrected chi connectivity index (χ4v) is 6.34. The van der Waals surface area contributed by atoms with E-state index in [9.17, 15) is 0 Å². The molecular weight excluding hydrogens is 240 g/mol. The van der Waals surface area contributed by atoms with Crippen molar-refractivity contribution in [2.24, 2.45) is 29.4 Å². The van der Waals surface area contributed by atoms with Crippen molar-refractivity contribution in [1.29, 1.82) is 0 Å². The SMILES string of the molecule is Cc1nc(C2C3CC4CC(C3)CC2C4)sc1CN. The molecule has 0 aliphatic heterocycles. The molecule has 0 unspecified atom stereocenters. The first-order valence-corrected chi connectivity index (χ1v) is 8.22. The first-order chi connectivity index (χ1) is 8.74. The number of aromatic nitrogens is 1. The third-order valence-electron chi connectivity index (χ3n) is 5.61. The minimum Gasteiger partial charge on any atom is -0.326 e. The molecule has 3 heteroatoms. The lowest BCUT2D eigenvalue weighted by molar-refractivity contribution is -0.00286. The molecule has 0 saturated heterocycles. The van der Waals surface area contributed by atoms with Gasteiger partial charge in [-0.1, -0.05) is 0 Å². The van der Waals surface area contributed by atoms with Crippen molar-refractivity contribution in [2.75, 3.05) is 0 Å². The predicted molar refractivity (Wildman–Crippen MR) is 74.5 cm³/mol. The van der Waals surface area contributed by atoms with Crippen LogP contribution < -0.4 is 5.73 Å². The summed E-state index contributed by atoms with van der Waals surface area (Å²) in [5.41, 5.74) is 7.00. The lowest BCUT2D eigenvalue weighted by Crippen LogP contribution is -2.43. The largest absolute Gasteiger partial charge is 0.326 e. The Hall–Kier alpha value is -0.410. The average molecular weight is 262 g/mol. The number of hydrogen-bond donors (Lipinski definition) is 1. The molecule has 4 aliphatic rings. The molecule has 4 bridgehead atoms. The van der Waals surface area contributed by atoms with E-state index in [0.717, 1.165) is 29.6 Å². The normalized spacial score (nSPS) is 41.6. The van der Waals surface area contributed by atoms with Gasteiger partial charge in [-0.05, 0) is 62.7 Å². The standard InChI is InChI=1S/C15H22N2S/c1-8-13(7-16)18-15(17-8)14-11-3-9-2-10(5-11)6-12(14)4-9/h9-12,14H,2-7,16H2,1H3. The maximum absolute atomic E-state index is 5.81. The molecule has 0 atom stereocenters. The summed E-state index contributed by atoms with van der Waals surface area (Å²) in [7, 11) is 0. The highest BCUT2D eigenvalue weighted by molar-refractivity contribution is 7.11. The van der Waals surface area contributed by atoms with E-state index in [2.05, 4.69) is 6.92 Å². The number of rotatable bonds is 2. The molecule has 4 fully saturated rings. The lowest BCUT2D eigenvalue weighted by atomic mass is 9.52. The van der Waals surface area contributed by atoms with E-state index in [1.165, 1.54) is 47.7 Å². The Morgan fingerprint density at radius 3 is 2.22 bits per heavy atom. The van der Waals surface area contributed by atoms with Crippen LogP contribution in [-0.2, 0) is 6.54 Å². The van der Waals surface area contributed by atoms with Crippen LogP contribution >= 0.6 is 11.3 Å². The van der Waals surface area contributed by atoms with Crippen molar-refractivity contribution in [3.63, 3.8) is 0 Å². The molecule has 0 spiro atoms. The molecule has 4 aliphatic carbocycles. The highest BCUT2D eigenvalue weighted by Crippen LogP contribution is 2.60. The molecule has 0 aromatic carbocycles. The second-order valence-electron chi connectivity index (χ2n) is 6.72. The van der Waals surface area contributed by atoms with Crippen LogP contribution in [0.2, 0.25) is 0 Å². The van der Waals surface area contributed by atoms with Gasteiger partial charge < -0.3 is 5.73 Å². The van der Waals surface area contributed by atoms with Gasteiger partial charge in [0.25, 0.3) is 0 Å². The minimum atomic E-state index is 0.663. The molecule has 1 aromatic rings. The van der Waals surface area contributed by atoms with Gasteiger partial charge in [0, 0.05) is 17.3 Å². The first kappa shape index (κ1) is 11.4. The van der Waals surface area contributed by atoms with E-state index >= 15 is 0 Å². The molecule has 18 heavy (non-hydrogen) atoms. The summed E-state index contributed by atoms with van der Waals surface area (Å²) in [4.78, 5) is 6.17. The van der Waals surface area contributed by atoms with Gasteiger partial charge in [-0.25, -0.2) is 4.98 Å². The van der Waals surface area contributed by atoms with Crippen LogP contribution in [-0.4, -0.2) is 4.98 Å². The monoisotopic (exact) mass is 262 g/mol. The van der Waals surface area contributed by atoms with E-state index in [1.807, 2.05) is 11.3 Å². The van der Waals surface area contributed by atoms with Crippen molar-refractivity contribution in [3.8, 4) is 0 Å². The summed E-state index contributed by atoms with van der Waals surface area (Å²) in [6.45, 7) is 2.79. The molecule has 0 amide bonds. The molecule has 0 radical (unpaired) electrons. The summed E-state index contributed by atoms with van der Waals surface area (Å²) in [6, 6.07) is 0. The zero-order valence-electron chi connectivity index (χ0n) is 11.1. The van der Waals surface area contributed by atoms with Crippen LogP contribution in [0.4, 0.5) is 0 Å². The van der Waals surface area contributed by atoms with Crippen LogP contribution in [0.1, 0.15) is 53.6 Å². The molecule has 1 heterocycles. The van der Waals surface area contributed by atoms with Gasteiger partial charge >= 0.3 is 0 Å². The quantitative estimate of drug-likeness (QED) is 0.886. The molecular formula is C15H22N2S.